The van der Waals surface area contributed by atoms with E-state index in [4.69, 9.17) is 4.74 Å². The van der Waals surface area contributed by atoms with Gasteiger partial charge in [0.2, 0.25) is 5.91 Å². The Morgan fingerprint density at radius 3 is 2.82 bits per heavy atom. The zero-order chi connectivity index (χ0) is 19.9. The Hall–Kier alpha value is -1.40. The lowest BCUT2D eigenvalue weighted by Crippen LogP contribution is -2.65. The standard InChI is InChI=1S/C22H36N4O2/c1-22(2)18-8-6-5-7-17(18)21(22)23-12-15-11-19(27)26(9-10-28-4)20(15)16-13-24-25(3)14-16/h13-15,17-18,20-21,23H,5-12H2,1-4H3/t15-,17+,18-,20+,21+/m0/s1. The van der Waals surface area contributed by atoms with Crippen molar-refractivity contribution in [2.75, 3.05) is 26.8 Å². The number of ether oxygens (including phenoxy) is 1. The van der Waals surface area contributed by atoms with Crippen molar-refractivity contribution >= 4 is 5.91 Å². The summed E-state index contributed by atoms with van der Waals surface area (Å²) in [5.41, 5.74) is 1.51. The molecule has 3 aliphatic rings. The van der Waals surface area contributed by atoms with Crippen LogP contribution in [-0.4, -0.2) is 53.4 Å². The van der Waals surface area contributed by atoms with E-state index in [0.717, 1.165) is 23.9 Å². The molecule has 0 radical (unpaired) electrons. The number of rotatable bonds is 7. The highest BCUT2D eigenvalue weighted by Gasteiger charge is 2.56. The molecule has 0 unspecified atom stereocenters. The summed E-state index contributed by atoms with van der Waals surface area (Å²) in [5.74, 6) is 2.21. The van der Waals surface area contributed by atoms with Gasteiger partial charge in [0.15, 0.2) is 0 Å². The molecule has 3 fully saturated rings. The van der Waals surface area contributed by atoms with Crippen LogP contribution in [0, 0.1) is 23.2 Å². The van der Waals surface area contributed by atoms with Crippen molar-refractivity contribution in [3.8, 4) is 0 Å². The number of aryl methyl sites for hydroxylation is 1. The highest BCUT2D eigenvalue weighted by atomic mass is 16.5. The average molecular weight is 389 g/mol. The number of carbonyl (C=O) groups is 1. The van der Waals surface area contributed by atoms with E-state index in [-0.39, 0.29) is 17.9 Å². The fourth-order valence-corrected chi connectivity index (χ4v) is 6.38. The highest BCUT2D eigenvalue weighted by molar-refractivity contribution is 5.79. The van der Waals surface area contributed by atoms with Crippen LogP contribution in [0.15, 0.2) is 12.4 Å². The zero-order valence-corrected chi connectivity index (χ0v) is 17.9. The first-order chi connectivity index (χ1) is 13.4. The molecule has 0 spiro atoms. The number of hydrogen-bond donors (Lipinski definition) is 1. The Kier molecular flexibility index (Phi) is 5.53. The molecule has 28 heavy (non-hydrogen) atoms. The second kappa shape index (κ2) is 7.79. The monoisotopic (exact) mass is 388 g/mol. The number of likely N-dealkylation sites (tertiary alicyclic amines) is 1. The number of carbonyl (C=O) groups excluding carboxylic acids is 1. The van der Waals surface area contributed by atoms with Crippen molar-refractivity contribution in [2.24, 2.45) is 30.2 Å². The first kappa shape index (κ1) is 19.9. The van der Waals surface area contributed by atoms with Gasteiger partial charge in [-0.15, -0.1) is 0 Å². The zero-order valence-electron chi connectivity index (χ0n) is 17.9. The predicted octanol–water partition coefficient (Wildman–Crippen LogP) is 2.76. The normalized spacial score (nSPS) is 34.4. The molecule has 2 heterocycles. The van der Waals surface area contributed by atoms with Crippen LogP contribution in [0.4, 0.5) is 0 Å². The van der Waals surface area contributed by atoms with Crippen LogP contribution < -0.4 is 5.32 Å². The van der Waals surface area contributed by atoms with E-state index in [1.807, 2.05) is 22.8 Å². The molecule has 1 amide bonds. The van der Waals surface area contributed by atoms with Gasteiger partial charge in [-0.05, 0) is 30.1 Å². The van der Waals surface area contributed by atoms with Crippen LogP contribution >= 0.6 is 0 Å². The second-order valence-electron chi connectivity index (χ2n) is 9.70. The minimum atomic E-state index is 0.0918. The van der Waals surface area contributed by atoms with E-state index in [1.54, 1.807) is 7.11 Å². The minimum Gasteiger partial charge on any atom is -0.383 e. The van der Waals surface area contributed by atoms with Gasteiger partial charge in [0, 0.05) is 57.4 Å². The summed E-state index contributed by atoms with van der Waals surface area (Å²) in [6.07, 6.45) is 10.1. The molecule has 6 heteroatoms. The van der Waals surface area contributed by atoms with Crippen LogP contribution in [0.3, 0.4) is 0 Å². The Morgan fingerprint density at radius 1 is 1.32 bits per heavy atom. The third kappa shape index (κ3) is 3.39. The summed E-state index contributed by atoms with van der Waals surface area (Å²) in [4.78, 5) is 14.8. The Balaban J connectivity index is 1.47. The lowest BCUT2D eigenvalue weighted by atomic mass is 9.47. The number of amides is 1. The van der Waals surface area contributed by atoms with Crippen molar-refractivity contribution in [3.05, 3.63) is 18.0 Å². The lowest BCUT2D eigenvalue weighted by molar-refractivity contribution is -0.129. The average Bonchev–Trinajstić information content (AvgIpc) is 3.22. The van der Waals surface area contributed by atoms with Gasteiger partial charge in [-0.3, -0.25) is 9.48 Å². The molecule has 2 aliphatic carbocycles. The number of methoxy groups -OCH3 is 1. The first-order valence-electron chi connectivity index (χ1n) is 10.9. The molecule has 1 saturated heterocycles. The van der Waals surface area contributed by atoms with Crippen molar-refractivity contribution < 1.29 is 9.53 Å². The predicted molar refractivity (Wildman–Crippen MR) is 109 cm³/mol. The van der Waals surface area contributed by atoms with E-state index in [0.29, 0.717) is 31.0 Å². The van der Waals surface area contributed by atoms with E-state index in [9.17, 15) is 4.79 Å². The summed E-state index contributed by atoms with van der Waals surface area (Å²) in [6.45, 7) is 6.97. The lowest BCUT2D eigenvalue weighted by Gasteiger charge is -2.61. The molecule has 0 bridgehead atoms. The molecule has 2 saturated carbocycles. The molecular formula is C22H36N4O2. The Bertz CT molecular complexity index is 700. The molecule has 5 atom stereocenters. The number of hydrogen-bond acceptors (Lipinski definition) is 4. The van der Waals surface area contributed by atoms with Gasteiger partial charge in [0.25, 0.3) is 0 Å². The van der Waals surface area contributed by atoms with Gasteiger partial charge >= 0.3 is 0 Å². The van der Waals surface area contributed by atoms with Gasteiger partial charge in [-0.1, -0.05) is 26.7 Å². The minimum absolute atomic E-state index is 0.0918. The van der Waals surface area contributed by atoms with Gasteiger partial charge in [0.05, 0.1) is 18.8 Å². The largest absolute Gasteiger partial charge is 0.383 e. The Labute approximate surface area is 169 Å². The molecule has 6 nitrogen and oxygen atoms in total. The second-order valence-corrected chi connectivity index (χ2v) is 9.70. The third-order valence-corrected chi connectivity index (χ3v) is 7.75. The molecule has 4 rings (SSSR count). The molecule has 1 N–H and O–H groups in total. The van der Waals surface area contributed by atoms with Crippen LogP contribution in [0.25, 0.3) is 0 Å². The molecule has 1 aromatic heterocycles. The fourth-order valence-electron chi connectivity index (χ4n) is 6.38. The van der Waals surface area contributed by atoms with Crippen molar-refractivity contribution in [1.82, 2.24) is 20.0 Å². The molecule has 1 aliphatic heterocycles. The van der Waals surface area contributed by atoms with Crippen molar-refractivity contribution in [3.63, 3.8) is 0 Å². The van der Waals surface area contributed by atoms with Gasteiger partial charge < -0.3 is 15.0 Å². The summed E-state index contributed by atoms with van der Waals surface area (Å²) in [6, 6.07) is 0.671. The maximum atomic E-state index is 12.8. The first-order valence-corrected chi connectivity index (χ1v) is 10.9. The number of nitrogens with one attached hydrogen (secondary N) is 1. The fraction of sp³-hybridized carbons (Fsp3) is 0.818. The number of nitrogens with zero attached hydrogens (tertiary/aromatic N) is 3. The molecule has 0 aromatic carbocycles. The topological polar surface area (TPSA) is 59.4 Å². The van der Waals surface area contributed by atoms with Gasteiger partial charge in [-0.2, -0.15) is 5.10 Å². The maximum absolute atomic E-state index is 12.8. The van der Waals surface area contributed by atoms with Crippen LogP contribution in [0.2, 0.25) is 0 Å². The quantitative estimate of drug-likeness (QED) is 0.780. The summed E-state index contributed by atoms with van der Waals surface area (Å²) in [5, 5.41) is 8.28. The highest BCUT2D eigenvalue weighted by Crippen LogP contribution is 2.57. The maximum Gasteiger partial charge on any atom is 0.223 e. The van der Waals surface area contributed by atoms with Gasteiger partial charge in [0.1, 0.15) is 0 Å². The molecule has 1 aromatic rings. The molecular weight excluding hydrogens is 352 g/mol. The van der Waals surface area contributed by atoms with E-state index in [1.165, 1.54) is 25.7 Å². The van der Waals surface area contributed by atoms with Crippen LogP contribution in [0.5, 0.6) is 0 Å². The van der Waals surface area contributed by atoms with Crippen LogP contribution in [0.1, 0.15) is 57.6 Å². The SMILES string of the molecule is COCCN1C(=O)C[C@@H](CN[C@@H]2[C@@H]3CCCC[C@@H]3C2(C)C)[C@@H]1c1cnn(C)c1. The van der Waals surface area contributed by atoms with Crippen LogP contribution in [-0.2, 0) is 16.6 Å². The van der Waals surface area contributed by atoms with E-state index < -0.39 is 0 Å². The van der Waals surface area contributed by atoms with Crippen molar-refractivity contribution in [1.29, 1.82) is 0 Å². The molecule has 156 valence electrons. The summed E-state index contributed by atoms with van der Waals surface area (Å²) in [7, 11) is 3.63. The van der Waals surface area contributed by atoms with Gasteiger partial charge in [-0.25, -0.2) is 0 Å². The van der Waals surface area contributed by atoms with Crippen molar-refractivity contribution in [2.45, 2.75) is 58.0 Å². The number of fused-ring (bicyclic) bond motifs is 1. The number of aromatic nitrogens is 2. The van der Waals surface area contributed by atoms with E-state index >= 15 is 0 Å². The third-order valence-electron chi connectivity index (χ3n) is 7.75. The summed E-state index contributed by atoms with van der Waals surface area (Å²) < 4.78 is 7.09. The smallest absolute Gasteiger partial charge is 0.223 e. The summed E-state index contributed by atoms with van der Waals surface area (Å²) >= 11 is 0. The van der Waals surface area contributed by atoms with E-state index in [2.05, 4.69) is 30.5 Å². The Morgan fingerprint density at radius 2 is 2.11 bits per heavy atom.